The van der Waals surface area contributed by atoms with Gasteiger partial charge in [-0.15, -0.1) is 0 Å². The molecular formula is C50H33N3. The second-order valence-electron chi connectivity index (χ2n) is 13.9. The largest absolute Gasteiger partial charge is 0.316 e. The quantitative estimate of drug-likeness (QED) is 0.172. The van der Waals surface area contributed by atoms with E-state index >= 15 is 0 Å². The highest BCUT2D eigenvalue weighted by molar-refractivity contribution is 6.14. The maximum absolute atomic E-state index is 2.46. The van der Waals surface area contributed by atoms with Gasteiger partial charge in [-0.05, 0) is 95.1 Å². The highest BCUT2D eigenvalue weighted by Crippen LogP contribution is 2.40. The number of fused-ring (bicyclic) bond motifs is 7. The summed E-state index contributed by atoms with van der Waals surface area (Å²) >= 11 is 0. The van der Waals surface area contributed by atoms with Crippen LogP contribution < -0.4 is 0 Å². The molecule has 3 heteroatoms. The molecule has 3 aromatic heterocycles. The van der Waals surface area contributed by atoms with Gasteiger partial charge in [0.25, 0.3) is 0 Å². The summed E-state index contributed by atoms with van der Waals surface area (Å²) in [6.45, 7) is 0. The van der Waals surface area contributed by atoms with Crippen molar-refractivity contribution in [2.45, 2.75) is 0 Å². The second-order valence-corrected chi connectivity index (χ2v) is 13.9. The fourth-order valence-corrected chi connectivity index (χ4v) is 8.40. The molecule has 0 spiro atoms. The van der Waals surface area contributed by atoms with E-state index in [9.17, 15) is 0 Å². The molecular weight excluding hydrogens is 643 g/mol. The molecule has 0 radical (unpaired) electrons. The third kappa shape index (κ3) is 4.68. The van der Waals surface area contributed by atoms with E-state index in [1.54, 1.807) is 0 Å². The first kappa shape index (κ1) is 29.6. The van der Waals surface area contributed by atoms with Crippen LogP contribution in [0.4, 0.5) is 0 Å². The molecule has 53 heavy (non-hydrogen) atoms. The Kier molecular flexibility index (Phi) is 6.55. The van der Waals surface area contributed by atoms with Crippen LogP contribution in [0.15, 0.2) is 200 Å². The highest BCUT2D eigenvalue weighted by atomic mass is 15.0. The van der Waals surface area contributed by atoms with E-state index in [2.05, 4.69) is 214 Å². The number of aromatic nitrogens is 3. The number of hydrogen-bond donors (Lipinski definition) is 0. The summed E-state index contributed by atoms with van der Waals surface area (Å²) in [5.74, 6) is 0. The van der Waals surface area contributed by atoms with E-state index in [0.717, 1.165) is 17.1 Å². The van der Waals surface area contributed by atoms with Crippen LogP contribution in [0.3, 0.4) is 0 Å². The number of para-hydroxylation sites is 3. The molecule has 8 aromatic carbocycles. The fourth-order valence-electron chi connectivity index (χ4n) is 8.40. The van der Waals surface area contributed by atoms with Crippen molar-refractivity contribution < 1.29 is 0 Å². The third-order valence-corrected chi connectivity index (χ3v) is 10.8. The predicted molar refractivity (Wildman–Crippen MR) is 223 cm³/mol. The van der Waals surface area contributed by atoms with Gasteiger partial charge in [0.2, 0.25) is 0 Å². The normalized spacial score (nSPS) is 11.8. The van der Waals surface area contributed by atoms with Gasteiger partial charge in [-0.2, -0.15) is 0 Å². The minimum Gasteiger partial charge on any atom is -0.316 e. The summed E-state index contributed by atoms with van der Waals surface area (Å²) in [5.41, 5.74) is 14.1. The summed E-state index contributed by atoms with van der Waals surface area (Å²) in [5, 5.41) is 6.20. The molecule has 0 saturated carbocycles. The van der Waals surface area contributed by atoms with Crippen LogP contribution in [-0.2, 0) is 0 Å². The average Bonchev–Trinajstić information content (AvgIpc) is 3.90. The molecule has 0 amide bonds. The van der Waals surface area contributed by atoms with E-state index in [0.29, 0.717) is 0 Å². The first-order chi connectivity index (χ1) is 26.3. The Hall–Kier alpha value is -7.10. The Morgan fingerprint density at radius 3 is 1.45 bits per heavy atom. The molecule has 0 unspecified atom stereocenters. The molecule has 3 heterocycles. The summed E-state index contributed by atoms with van der Waals surface area (Å²) in [7, 11) is 0. The summed E-state index contributed by atoms with van der Waals surface area (Å²) in [4.78, 5) is 0. The number of hydrogen-bond acceptors (Lipinski definition) is 0. The number of benzene rings is 8. The summed E-state index contributed by atoms with van der Waals surface area (Å²) in [6, 6.07) is 70.6. The Morgan fingerprint density at radius 1 is 0.264 bits per heavy atom. The number of nitrogens with zero attached hydrogens (tertiary/aromatic N) is 3. The zero-order chi connectivity index (χ0) is 34.9. The van der Waals surface area contributed by atoms with Crippen LogP contribution >= 0.6 is 0 Å². The molecule has 0 fully saturated rings. The molecule has 0 aliphatic heterocycles. The van der Waals surface area contributed by atoms with Crippen molar-refractivity contribution in [3.05, 3.63) is 200 Å². The van der Waals surface area contributed by atoms with Crippen molar-refractivity contribution in [3.63, 3.8) is 0 Å². The van der Waals surface area contributed by atoms with Crippen LogP contribution in [-0.4, -0.2) is 13.7 Å². The van der Waals surface area contributed by atoms with Gasteiger partial charge in [-0.1, -0.05) is 121 Å². The van der Waals surface area contributed by atoms with Crippen LogP contribution in [0, 0.1) is 0 Å². The van der Waals surface area contributed by atoms with Gasteiger partial charge in [0.1, 0.15) is 0 Å². The lowest BCUT2D eigenvalue weighted by molar-refractivity contribution is 1.12. The van der Waals surface area contributed by atoms with Gasteiger partial charge in [0.15, 0.2) is 0 Å². The molecule has 248 valence electrons. The first-order valence-electron chi connectivity index (χ1n) is 18.2. The fraction of sp³-hybridized carbons (Fsp3) is 0. The van der Waals surface area contributed by atoms with Crippen molar-refractivity contribution >= 4 is 54.5 Å². The van der Waals surface area contributed by atoms with Gasteiger partial charge < -0.3 is 13.7 Å². The van der Waals surface area contributed by atoms with Crippen molar-refractivity contribution in [1.82, 2.24) is 13.7 Å². The molecule has 3 nitrogen and oxygen atoms in total. The Morgan fingerprint density at radius 2 is 0.792 bits per heavy atom. The van der Waals surface area contributed by atoms with Crippen LogP contribution in [0.25, 0.3) is 93.8 Å². The SMILES string of the molecule is c1ccc(-c2cc(-n3c4ccccc4c4cc(-c5ccccc5)ccc43)cc(-n3c4ccccc4c4cc5ccn(-c6ccccc6)c5cc43)c2)cc1. The van der Waals surface area contributed by atoms with E-state index in [4.69, 9.17) is 0 Å². The standard InChI is InChI=1S/C50H33N3/c1-4-14-34(15-5-1)36-24-25-48-44(30-36)42-20-10-12-22-46(42)52(48)40-28-38(35-16-6-2-7-17-35)29-41(32-40)53-47-23-13-11-21-43(47)45-31-37-26-27-51(49(37)33-50(45)53)39-18-8-3-9-19-39/h1-33H. The van der Waals surface area contributed by atoms with Crippen LogP contribution in [0.1, 0.15) is 0 Å². The minimum absolute atomic E-state index is 1.12. The molecule has 11 rings (SSSR count). The van der Waals surface area contributed by atoms with Crippen LogP contribution in [0.5, 0.6) is 0 Å². The molecule has 11 aromatic rings. The molecule has 0 N–H and O–H groups in total. The van der Waals surface area contributed by atoms with Crippen LogP contribution in [0.2, 0.25) is 0 Å². The van der Waals surface area contributed by atoms with Gasteiger partial charge >= 0.3 is 0 Å². The highest BCUT2D eigenvalue weighted by Gasteiger charge is 2.19. The predicted octanol–water partition coefficient (Wildman–Crippen LogP) is 13.2. The van der Waals surface area contributed by atoms with Gasteiger partial charge in [-0.25, -0.2) is 0 Å². The summed E-state index contributed by atoms with van der Waals surface area (Å²) in [6.07, 6.45) is 2.19. The lowest BCUT2D eigenvalue weighted by Crippen LogP contribution is -2.00. The van der Waals surface area contributed by atoms with Crippen molar-refractivity contribution in [1.29, 1.82) is 0 Å². The maximum Gasteiger partial charge on any atom is 0.0562 e. The lowest BCUT2D eigenvalue weighted by Gasteiger charge is -2.16. The van der Waals surface area contributed by atoms with Gasteiger partial charge in [0.05, 0.1) is 27.6 Å². The van der Waals surface area contributed by atoms with Crippen molar-refractivity contribution in [2.24, 2.45) is 0 Å². The third-order valence-electron chi connectivity index (χ3n) is 10.8. The van der Waals surface area contributed by atoms with E-state index in [1.165, 1.54) is 76.8 Å². The minimum atomic E-state index is 1.12. The topological polar surface area (TPSA) is 14.8 Å². The smallest absolute Gasteiger partial charge is 0.0562 e. The number of rotatable bonds is 5. The van der Waals surface area contributed by atoms with Crippen molar-refractivity contribution in [3.8, 4) is 39.3 Å². The molecule has 0 aliphatic carbocycles. The lowest BCUT2D eigenvalue weighted by atomic mass is 10.0. The Labute approximate surface area is 306 Å². The zero-order valence-electron chi connectivity index (χ0n) is 28.9. The monoisotopic (exact) mass is 675 g/mol. The second kappa shape index (κ2) is 11.7. The maximum atomic E-state index is 2.46. The zero-order valence-corrected chi connectivity index (χ0v) is 28.9. The van der Waals surface area contributed by atoms with Crippen molar-refractivity contribution in [2.75, 3.05) is 0 Å². The van der Waals surface area contributed by atoms with E-state index in [1.807, 2.05) is 0 Å². The average molecular weight is 676 g/mol. The summed E-state index contributed by atoms with van der Waals surface area (Å²) < 4.78 is 7.20. The Balaban J connectivity index is 1.21. The molecule has 0 bridgehead atoms. The van der Waals surface area contributed by atoms with Gasteiger partial charge in [-0.3, -0.25) is 0 Å². The molecule has 0 saturated heterocycles. The Bertz CT molecular complexity index is 3150. The van der Waals surface area contributed by atoms with E-state index in [-0.39, 0.29) is 0 Å². The molecule has 0 aliphatic rings. The first-order valence-corrected chi connectivity index (χ1v) is 18.2. The molecule has 0 atom stereocenters. The van der Waals surface area contributed by atoms with Gasteiger partial charge in [0, 0.05) is 50.2 Å². The van der Waals surface area contributed by atoms with E-state index < -0.39 is 0 Å².